The molecular formula is C19H30N4O. The Hall–Kier alpha value is -1.43. The molecule has 0 aliphatic carbocycles. The average Bonchev–Trinajstić information content (AvgIpc) is 3.05. The van der Waals surface area contributed by atoms with Crippen molar-refractivity contribution in [3.8, 4) is 0 Å². The molecule has 5 nitrogen and oxygen atoms in total. The quantitative estimate of drug-likeness (QED) is 0.882. The van der Waals surface area contributed by atoms with E-state index in [9.17, 15) is 4.79 Å². The minimum atomic E-state index is 0.188. The molecule has 2 aliphatic heterocycles. The summed E-state index contributed by atoms with van der Waals surface area (Å²) in [5.74, 6) is 0.188. The molecule has 5 heteroatoms. The van der Waals surface area contributed by atoms with Crippen LogP contribution < -0.4 is 5.32 Å². The van der Waals surface area contributed by atoms with Crippen LogP contribution in [0.3, 0.4) is 0 Å². The van der Waals surface area contributed by atoms with Gasteiger partial charge in [0.25, 0.3) is 5.91 Å². The fraction of sp³-hybridized carbons (Fsp3) is 0.632. The van der Waals surface area contributed by atoms with Crippen molar-refractivity contribution in [3.63, 3.8) is 0 Å². The second-order valence-corrected chi connectivity index (χ2v) is 7.13. The van der Waals surface area contributed by atoms with Crippen molar-refractivity contribution in [2.75, 3.05) is 53.4 Å². The van der Waals surface area contributed by atoms with Crippen LogP contribution in [0.5, 0.6) is 0 Å². The van der Waals surface area contributed by atoms with Gasteiger partial charge in [0, 0.05) is 57.4 Å². The summed E-state index contributed by atoms with van der Waals surface area (Å²) in [7, 11) is 4.13. The molecule has 0 aromatic heterocycles. The smallest absolute Gasteiger partial charge is 0.254 e. The van der Waals surface area contributed by atoms with Gasteiger partial charge in [-0.25, -0.2) is 0 Å². The fourth-order valence-electron chi connectivity index (χ4n) is 3.78. The van der Waals surface area contributed by atoms with Crippen LogP contribution in [0, 0.1) is 0 Å². The summed E-state index contributed by atoms with van der Waals surface area (Å²) in [6.07, 6.45) is 2.21. The summed E-state index contributed by atoms with van der Waals surface area (Å²) in [6, 6.07) is 8.56. The lowest BCUT2D eigenvalue weighted by Gasteiger charge is -2.32. The molecule has 2 fully saturated rings. The highest BCUT2D eigenvalue weighted by molar-refractivity contribution is 5.94. The Labute approximate surface area is 145 Å². The van der Waals surface area contributed by atoms with Crippen LogP contribution in [0.2, 0.25) is 0 Å². The van der Waals surface area contributed by atoms with Crippen molar-refractivity contribution in [3.05, 3.63) is 35.4 Å². The van der Waals surface area contributed by atoms with E-state index < -0.39 is 0 Å². The third-order valence-electron chi connectivity index (χ3n) is 5.25. The third-order valence-corrected chi connectivity index (χ3v) is 5.25. The highest BCUT2D eigenvalue weighted by atomic mass is 16.2. The van der Waals surface area contributed by atoms with E-state index in [0.29, 0.717) is 6.04 Å². The summed E-state index contributed by atoms with van der Waals surface area (Å²) in [5, 5.41) is 3.21. The summed E-state index contributed by atoms with van der Waals surface area (Å²) < 4.78 is 0. The van der Waals surface area contributed by atoms with Crippen LogP contribution in [0.4, 0.5) is 0 Å². The Bertz CT molecular complexity index is 554. The number of nitrogens with one attached hydrogen (secondary N) is 1. The van der Waals surface area contributed by atoms with Crippen molar-refractivity contribution < 1.29 is 4.79 Å². The molecule has 2 heterocycles. The lowest BCUT2D eigenvalue weighted by atomic mass is 10.1. The maximum Gasteiger partial charge on any atom is 0.254 e. The maximum atomic E-state index is 12.9. The molecule has 0 radical (unpaired) electrons. The van der Waals surface area contributed by atoms with Gasteiger partial charge in [0.1, 0.15) is 0 Å². The minimum absolute atomic E-state index is 0.188. The van der Waals surface area contributed by atoms with Gasteiger partial charge < -0.3 is 15.1 Å². The number of likely N-dealkylation sites (tertiary alicyclic amines) is 1. The van der Waals surface area contributed by atoms with Gasteiger partial charge in [0.15, 0.2) is 0 Å². The lowest BCUT2D eigenvalue weighted by molar-refractivity contribution is 0.0736. The zero-order valence-corrected chi connectivity index (χ0v) is 15.0. The monoisotopic (exact) mass is 330 g/mol. The largest absolute Gasteiger partial charge is 0.334 e. The van der Waals surface area contributed by atoms with Crippen LogP contribution in [-0.4, -0.2) is 80.0 Å². The second-order valence-electron chi connectivity index (χ2n) is 7.13. The number of carbonyl (C=O) groups excluding carboxylic acids is 1. The van der Waals surface area contributed by atoms with E-state index >= 15 is 0 Å². The van der Waals surface area contributed by atoms with E-state index in [1.165, 1.54) is 5.56 Å². The number of hydrogen-bond acceptors (Lipinski definition) is 4. The van der Waals surface area contributed by atoms with Crippen molar-refractivity contribution >= 4 is 5.91 Å². The molecule has 1 aromatic carbocycles. The van der Waals surface area contributed by atoms with Gasteiger partial charge in [-0.2, -0.15) is 0 Å². The van der Waals surface area contributed by atoms with Crippen LogP contribution in [0.1, 0.15) is 28.8 Å². The van der Waals surface area contributed by atoms with E-state index in [0.717, 1.165) is 64.2 Å². The molecule has 3 rings (SSSR count). The first-order valence-electron chi connectivity index (χ1n) is 9.13. The summed E-state index contributed by atoms with van der Waals surface area (Å²) in [6.45, 7) is 7.15. The predicted octanol–water partition coefficient (Wildman–Crippen LogP) is 1.26. The molecule has 1 unspecified atom stereocenters. The number of benzene rings is 1. The van der Waals surface area contributed by atoms with Crippen molar-refractivity contribution in [2.24, 2.45) is 0 Å². The Balaban J connectivity index is 1.65. The number of piperazine rings is 1. The van der Waals surface area contributed by atoms with Crippen LogP contribution in [0.15, 0.2) is 24.3 Å². The Morgan fingerprint density at radius 1 is 1.21 bits per heavy atom. The van der Waals surface area contributed by atoms with Crippen LogP contribution >= 0.6 is 0 Å². The molecule has 1 N–H and O–H groups in total. The van der Waals surface area contributed by atoms with Crippen LogP contribution in [-0.2, 0) is 6.54 Å². The molecule has 1 aromatic rings. The number of amides is 1. The van der Waals surface area contributed by atoms with Crippen molar-refractivity contribution in [1.29, 1.82) is 0 Å². The maximum absolute atomic E-state index is 12.9. The molecule has 0 saturated carbocycles. The van der Waals surface area contributed by atoms with E-state index in [4.69, 9.17) is 0 Å². The topological polar surface area (TPSA) is 38.8 Å². The molecule has 0 spiro atoms. The number of hydrogen-bond donors (Lipinski definition) is 1. The Kier molecular flexibility index (Phi) is 5.87. The molecule has 132 valence electrons. The van der Waals surface area contributed by atoms with Crippen molar-refractivity contribution in [1.82, 2.24) is 20.0 Å². The summed E-state index contributed by atoms with van der Waals surface area (Å²) in [4.78, 5) is 19.8. The van der Waals surface area contributed by atoms with Gasteiger partial charge in [0.05, 0.1) is 0 Å². The van der Waals surface area contributed by atoms with E-state index in [1.54, 1.807) is 0 Å². The first kappa shape index (κ1) is 17.4. The first-order valence-corrected chi connectivity index (χ1v) is 9.13. The molecule has 1 amide bonds. The third kappa shape index (κ3) is 4.15. The number of likely N-dealkylation sites (N-methyl/N-ethyl adjacent to an activating group) is 2. The second kappa shape index (κ2) is 8.10. The zero-order chi connectivity index (χ0) is 16.9. The number of nitrogens with zero attached hydrogens (tertiary/aromatic N) is 3. The van der Waals surface area contributed by atoms with E-state index in [2.05, 4.69) is 34.3 Å². The lowest BCUT2D eigenvalue weighted by Crippen LogP contribution is -2.44. The molecule has 1 atom stereocenters. The first-order chi connectivity index (χ1) is 11.7. The fourth-order valence-corrected chi connectivity index (χ4v) is 3.78. The van der Waals surface area contributed by atoms with E-state index in [1.807, 2.05) is 24.1 Å². The summed E-state index contributed by atoms with van der Waals surface area (Å²) >= 11 is 0. The zero-order valence-electron chi connectivity index (χ0n) is 15.0. The standard InChI is InChI=1S/C19H30N4O/c1-20-14-18-7-4-8-23(18)19(24)17-6-3-5-16(13-17)15-22-11-9-21(2)10-12-22/h3,5-6,13,18,20H,4,7-12,14-15H2,1-2H3. The summed E-state index contributed by atoms with van der Waals surface area (Å²) in [5.41, 5.74) is 2.08. The van der Waals surface area contributed by atoms with Gasteiger partial charge in [-0.05, 0) is 44.6 Å². The molecule has 2 aliphatic rings. The molecule has 2 saturated heterocycles. The Morgan fingerprint density at radius 2 is 2.00 bits per heavy atom. The van der Waals surface area contributed by atoms with E-state index in [-0.39, 0.29) is 5.91 Å². The van der Waals surface area contributed by atoms with Crippen LogP contribution in [0.25, 0.3) is 0 Å². The predicted molar refractivity (Wildman–Crippen MR) is 97.2 cm³/mol. The van der Waals surface area contributed by atoms with Crippen molar-refractivity contribution in [2.45, 2.75) is 25.4 Å². The normalized spacial score (nSPS) is 22.9. The van der Waals surface area contributed by atoms with Gasteiger partial charge in [-0.1, -0.05) is 12.1 Å². The molecular weight excluding hydrogens is 300 g/mol. The van der Waals surface area contributed by atoms with Gasteiger partial charge in [-0.15, -0.1) is 0 Å². The average molecular weight is 330 g/mol. The minimum Gasteiger partial charge on any atom is -0.334 e. The highest BCUT2D eigenvalue weighted by Crippen LogP contribution is 2.20. The number of carbonyl (C=O) groups is 1. The number of rotatable bonds is 5. The highest BCUT2D eigenvalue weighted by Gasteiger charge is 2.28. The van der Waals surface area contributed by atoms with Gasteiger partial charge in [0.2, 0.25) is 0 Å². The van der Waals surface area contributed by atoms with Gasteiger partial charge in [-0.3, -0.25) is 9.69 Å². The molecule has 24 heavy (non-hydrogen) atoms. The Morgan fingerprint density at radius 3 is 2.75 bits per heavy atom. The SMILES string of the molecule is CNCC1CCCN1C(=O)c1cccc(CN2CCN(C)CC2)c1. The van der Waals surface area contributed by atoms with Gasteiger partial charge >= 0.3 is 0 Å². The molecule has 0 bridgehead atoms.